The second-order valence-electron chi connectivity index (χ2n) is 5.92. The monoisotopic (exact) mass is 345 g/mol. The van der Waals surface area contributed by atoms with Gasteiger partial charge in [-0.3, -0.25) is 9.80 Å². The zero-order valence-electron chi connectivity index (χ0n) is 13.0. The van der Waals surface area contributed by atoms with Crippen molar-refractivity contribution in [3.8, 4) is 6.07 Å². The molecule has 0 saturated carbocycles. The van der Waals surface area contributed by atoms with Crippen LogP contribution in [0.25, 0.3) is 0 Å². The highest BCUT2D eigenvalue weighted by Gasteiger charge is 2.15. The first-order chi connectivity index (χ1) is 11.2. The smallest absolute Gasteiger partial charge is 0.0991 e. The van der Waals surface area contributed by atoms with Gasteiger partial charge in [-0.25, -0.2) is 0 Å². The van der Waals surface area contributed by atoms with Gasteiger partial charge in [-0.05, 0) is 49.3 Å². The van der Waals surface area contributed by atoms with Crippen molar-refractivity contribution in [3.05, 3.63) is 56.7 Å². The lowest BCUT2D eigenvalue weighted by atomic mass is 10.1. The molecule has 0 radical (unpaired) electrons. The van der Waals surface area contributed by atoms with E-state index < -0.39 is 0 Å². The van der Waals surface area contributed by atoms with Gasteiger partial charge in [0.15, 0.2) is 0 Å². The quantitative estimate of drug-likeness (QED) is 0.839. The Morgan fingerprint density at radius 3 is 2.26 bits per heavy atom. The maximum atomic E-state index is 8.87. The second-order valence-corrected chi connectivity index (χ2v) is 7.72. The first-order valence-electron chi connectivity index (χ1n) is 7.91. The van der Waals surface area contributed by atoms with Crippen LogP contribution >= 0.6 is 22.9 Å². The van der Waals surface area contributed by atoms with Gasteiger partial charge in [0, 0.05) is 31.1 Å². The van der Waals surface area contributed by atoms with Crippen LogP contribution in [0, 0.1) is 11.3 Å². The number of hydrogen-bond acceptors (Lipinski definition) is 4. The average molecular weight is 346 g/mol. The van der Waals surface area contributed by atoms with Gasteiger partial charge >= 0.3 is 0 Å². The average Bonchev–Trinajstić information content (AvgIpc) is 2.84. The normalized spacial score (nSPS) is 16.9. The molecule has 1 aromatic heterocycles. The van der Waals surface area contributed by atoms with Crippen molar-refractivity contribution in [3.63, 3.8) is 0 Å². The Morgan fingerprint density at radius 2 is 1.65 bits per heavy atom. The van der Waals surface area contributed by atoms with Crippen LogP contribution in [0.2, 0.25) is 4.34 Å². The molecule has 0 N–H and O–H groups in total. The molecule has 0 bridgehead atoms. The summed E-state index contributed by atoms with van der Waals surface area (Å²) in [5, 5.41) is 8.87. The summed E-state index contributed by atoms with van der Waals surface area (Å²) in [4.78, 5) is 6.36. The van der Waals surface area contributed by atoms with Crippen molar-refractivity contribution >= 4 is 22.9 Å². The van der Waals surface area contributed by atoms with Crippen molar-refractivity contribution < 1.29 is 0 Å². The highest BCUT2D eigenvalue weighted by molar-refractivity contribution is 7.16. The van der Waals surface area contributed by atoms with E-state index in [-0.39, 0.29) is 0 Å². The van der Waals surface area contributed by atoms with Gasteiger partial charge < -0.3 is 0 Å². The fraction of sp³-hybridized carbons (Fsp3) is 0.389. The van der Waals surface area contributed by atoms with Crippen molar-refractivity contribution in [1.82, 2.24) is 9.80 Å². The van der Waals surface area contributed by atoms with Crippen LogP contribution in [0.1, 0.15) is 22.4 Å². The largest absolute Gasteiger partial charge is 0.298 e. The maximum Gasteiger partial charge on any atom is 0.0991 e. The summed E-state index contributed by atoms with van der Waals surface area (Å²) >= 11 is 7.70. The molecule has 2 aromatic rings. The van der Waals surface area contributed by atoms with E-state index in [1.165, 1.54) is 16.9 Å². The van der Waals surface area contributed by atoms with E-state index in [1.807, 2.05) is 18.2 Å². The number of benzene rings is 1. The molecule has 0 aliphatic carbocycles. The van der Waals surface area contributed by atoms with Crippen LogP contribution in [-0.2, 0) is 13.1 Å². The molecule has 1 saturated heterocycles. The first-order valence-corrected chi connectivity index (χ1v) is 9.10. The Balaban J connectivity index is 1.52. The lowest BCUT2D eigenvalue weighted by molar-refractivity contribution is 0.248. The van der Waals surface area contributed by atoms with Crippen LogP contribution < -0.4 is 0 Å². The SMILES string of the molecule is N#Cc1ccc(CN2CCCN(Cc3ccc(Cl)s3)CC2)cc1. The van der Waals surface area contributed by atoms with Gasteiger partial charge in [0.2, 0.25) is 0 Å². The summed E-state index contributed by atoms with van der Waals surface area (Å²) in [5.41, 5.74) is 2.01. The Morgan fingerprint density at radius 1 is 0.957 bits per heavy atom. The van der Waals surface area contributed by atoms with Crippen molar-refractivity contribution in [2.75, 3.05) is 26.2 Å². The Hall–Kier alpha value is -1.38. The molecule has 120 valence electrons. The molecule has 1 fully saturated rings. The van der Waals surface area contributed by atoms with Crippen LogP contribution in [-0.4, -0.2) is 36.0 Å². The van der Waals surface area contributed by atoms with Crippen molar-refractivity contribution in [2.45, 2.75) is 19.5 Å². The minimum Gasteiger partial charge on any atom is -0.298 e. The Labute approximate surface area is 146 Å². The zero-order valence-corrected chi connectivity index (χ0v) is 14.6. The van der Waals surface area contributed by atoms with Crippen molar-refractivity contribution in [1.29, 1.82) is 5.26 Å². The van der Waals surface area contributed by atoms with Gasteiger partial charge in [0.25, 0.3) is 0 Å². The third kappa shape index (κ3) is 4.79. The van der Waals surface area contributed by atoms with Gasteiger partial charge in [-0.15, -0.1) is 11.3 Å². The number of halogens is 1. The molecule has 1 aliphatic heterocycles. The molecule has 1 aliphatic rings. The van der Waals surface area contributed by atoms with Gasteiger partial charge in [0.1, 0.15) is 0 Å². The highest BCUT2D eigenvalue weighted by Crippen LogP contribution is 2.23. The van der Waals surface area contributed by atoms with Gasteiger partial charge in [-0.1, -0.05) is 23.7 Å². The fourth-order valence-electron chi connectivity index (χ4n) is 2.94. The molecule has 5 heteroatoms. The summed E-state index contributed by atoms with van der Waals surface area (Å²) in [5.74, 6) is 0. The summed E-state index contributed by atoms with van der Waals surface area (Å²) in [6.07, 6.45) is 1.19. The number of nitriles is 1. The predicted molar refractivity (Wildman–Crippen MR) is 95.7 cm³/mol. The van der Waals surface area contributed by atoms with Crippen LogP contribution in [0.15, 0.2) is 36.4 Å². The predicted octanol–water partition coefficient (Wildman–Crippen LogP) is 3.98. The molecule has 0 unspecified atom stereocenters. The molecule has 2 heterocycles. The number of nitrogens with zero attached hydrogens (tertiary/aromatic N) is 3. The third-order valence-corrected chi connectivity index (χ3v) is 5.39. The maximum absolute atomic E-state index is 8.87. The van der Waals surface area contributed by atoms with E-state index in [1.54, 1.807) is 11.3 Å². The van der Waals surface area contributed by atoms with Crippen LogP contribution in [0.5, 0.6) is 0 Å². The fourth-order valence-corrected chi connectivity index (χ4v) is 4.07. The summed E-state index contributed by atoms with van der Waals surface area (Å²) in [7, 11) is 0. The van der Waals surface area contributed by atoms with E-state index in [0.717, 1.165) is 49.2 Å². The molecule has 3 rings (SSSR count). The van der Waals surface area contributed by atoms with E-state index in [4.69, 9.17) is 16.9 Å². The number of thiophene rings is 1. The topological polar surface area (TPSA) is 30.3 Å². The van der Waals surface area contributed by atoms with Gasteiger partial charge in [-0.2, -0.15) is 5.26 Å². The van der Waals surface area contributed by atoms with Crippen LogP contribution in [0.4, 0.5) is 0 Å². The second kappa shape index (κ2) is 7.94. The van der Waals surface area contributed by atoms with Crippen LogP contribution in [0.3, 0.4) is 0 Å². The van der Waals surface area contributed by atoms with Gasteiger partial charge in [0.05, 0.1) is 16.0 Å². The summed E-state index contributed by atoms with van der Waals surface area (Å²) in [6.45, 7) is 6.40. The lowest BCUT2D eigenvalue weighted by Crippen LogP contribution is -2.30. The van der Waals surface area contributed by atoms with E-state index in [0.29, 0.717) is 0 Å². The molecule has 0 amide bonds. The number of hydrogen-bond donors (Lipinski definition) is 0. The van der Waals surface area contributed by atoms with E-state index in [2.05, 4.69) is 34.1 Å². The highest BCUT2D eigenvalue weighted by atomic mass is 35.5. The molecule has 3 nitrogen and oxygen atoms in total. The Bertz CT molecular complexity index is 674. The van der Waals surface area contributed by atoms with Crippen molar-refractivity contribution in [2.24, 2.45) is 0 Å². The summed E-state index contributed by atoms with van der Waals surface area (Å²) < 4.78 is 0.872. The minimum atomic E-state index is 0.727. The molecule has 0 atom stereocenters. The molecular formula is C18H20ClN3S. The Kier molecular flexibility index (Phi) is 5.69. The lowest BCUT2D eigenvalue weighted by Gasteiger charge is -2.21. The zero-order chi connectivity index (χ0) is 16.1. The molecular weight excluding hydrogens is 326 g/mol. The molecule has 1 aromatic carbocycles. The molecule has 0 spiro atoms. The molecule has 23 heavy (non-hydrogen) atoms. The first kappa shape index (κ1) is 16.5. The van der Waals surface area contributed by atoms with E-state index >= 15 is 0 Å². The minimum absolute atomic E-state index is 0.727. The van der Waals surface area contributed by atoms with E-state index in [9.17, 15) is 0 Å². The number of rotatable bonds is 4. The standard InChI is InChI=1S/C18H20ClN3S/c19-18-7-6-17(23-18)14-22-9-1-8-21(10-11-22)13-16-4-2-15(12-20)3-5-16/h2-7H,1,8-11,13-14H2. The summed E-state index contributed by atoms with van der Waals surface area (Å²) in [6, 6.07) is 14.2. The third-order valence-electron chi connectivity index (χ3n) is 4.18.